The summed E-state index contributed by atoms with van der Waals surface area (Å²) in [5.74, 6) is 0.941. The number of nitrogen functional groups attached to an aromatic ring is 1. The molecule has 0 spiro atoms. The summed E-state index contributed by atoms with van der Waals surface area (Å²) in [6.07, 6.45) is 5.54. The fraction of sp³-hybridized carbons (Fsp3) is 0.643. The van der Waals surface area contributed by atoms with E-state index in [4.69, 9.17) is 5.73 Å². The second kappa shape index (κ2) is 6.48. The van der Waals surface area contributed by atoms with Gasteiger partial charge in [-0.1, -0.05) is 19.8 Å². The molecule has 0 unspecified atom stereocenters. The Balaban J connectivity index is 2.86. The van der Waals surface area contributed by atoms with Crippen molar-refractivity contribution in [3.63, 3.8) is 0 Å². The summed E-state index contributed by atoms with van der Waals surface area (Å²) in [6.45, 7) is 9.67. The maximum Gasteiger partial charge on any atom is 0.152 e. The van der Waals surface area contributed by atoms with E-state index in [9.17, 15) is 0 Å². The van der Waals surface area contributed by atoms with Crippen molar-refractivity contribution < 1.29 is 0 Å². The Hall–Kier alpha value is -1.25. The fourth-order valence-corrected chi connectivity index (χ4v) is 1.93. The highest BCUT2D eigenvalue weighted by Crippen LogP contribution is 2.25. The van der Waals surface area contributed by atoms with Gasteiger partial charge < -0.3 is 10.6 Å². The topological polar surface area (TPSA) is 42.2 Å². The highest BCUT2D eigenvalue weighted by atomic mass is 15.2. The van der Waals surface area contributed by atoms with Crippen LogP contribution >= 0.6 is 0 Å². The summed E-state index contributed by atoms with van der Waals surface area (Å²) in [5.41, 5.74) is 8.05. The largest absolute Gasteiger partial charge is 0.396 e. The molecule has 2 N–H and O–H groups in total. The number of anilines is 2. The Bertz CT molecular complexity index is 347. The summed E-state index contributed by atoms with van der Waals surface area (Å²) in [5, 5.41) is 0. The molecule has 1 heterocycles. The number of aryl methyl sites for hydroxylation is 1. The predicted octanol–water partition coefficient (Wildman–Crippen LogP) is 3.38. The molecule has 0 saturated carbocycles. The van der Waals surface area contributed by atoms with Gasteiger partial charge in [0.15, 0.2) is 5.82 Å². The Morgan fingerprint density at radius 2 is 2.06 bits per heavy atom. The average molecular weight is 235 g/mol. The lowest BCUT2D eigenvalue weighted by Crippen LogP contribution is -2.33. The van der Waals surface area contributed by atoms with Gasteiger partial charge in [-0.2, -0.15) is 0 Å². The van der Waals surface area contributed by atoms with Gasteiger partial charge in [-0.25, -0.2) is 4.98 Å². The Morgan fingerprint density at radius 3 is 2.65 bits per heavy atom. The van der Waals surface area contributed by atoms with E-state index in [1.165, 1.54) is 19.3 Å². The first kappa shape index (κ1) is 13.8. The molecule has 0 aliphatic carbocycles. The zero-order valence-electron chi connectivity index (χ0n) is 11.5. The van der Waals surface area contributed by atoms with Crippen LogP contribution in [-0.4, -0.2) is 17.6 Å². The molecule has 0 fully saturated rings. The van der Waals surface area contributed by atoms with E-state index < -0.39 is 0 Å². The van der Waals surface area contributed by atoms with Gasteiger partial charge in [0.1, 0.15) is 0 Å². The normalized spacial score (nSPS) is 10.9. The fourth-order valence-electron chi connectivity index (χ4n) is 1.93. The maximum absolute atomic E-state index is 6.12. The molecule has 17 heavy (non-hydrogen) atoms. The van der Waals surface area contributed by atoms with Crippen LogP contribution < -0.4 is 10.6 Å². The van der Waals surface area contributed by atoms with E-state index in [0.717, 1.165) is 23.6 Å². The Kier molecular flexibility index (Phi) is 5.26. The van der Waals surface area contributed by atoms with Crippen molar-refractivity contribution in [1.29, 1.82) is 0 Å². The van der Waals surface area contributed by atoms with Gasteiger partial charge in [-0.3, -0.25) is 0 Å². The first-order valence-electron chi connectivity index (χ1n) is 6.55. The second-order valence-corrected chi connectivity index (χ2v) is 4.86. The Labute approximate surface area is 105 Å². The molecule has 1 rings (SSSR count). The molecule has 0 aromatic carbocycles. The predicted molar refractivity (Wildman–Crippen MR) is 75.4 cm³/mol. The van der Waals surface area contributed by atoms with Gasteiger partial charge >= 0.3 is 0 Å². The standard InChI is InChI=1S/C14H25N3/c1-5-6-7-10-17(11(2)3)14-13(15)12(4)8-9-16-14/h8-9,11H,5-7,10,15H2,1-4H3. The molecule has 0 saturated heterocycles. The van der Waals surface area contributed by atoms with E-state index in [0.29, 0.717) is 6.04 Å². The molecular weight excluding hydrogens is 210 g/mol. The van der Waals surface area contributed by atoms with Crippen LogP contribution in [0.1, 0.15) is 45.6 Å². The van der Waals surface area contributed by atoms with Crippen molar-refractivity contribution in [3.05, 3.63) is 17.8 Å². The third-order valence-electron chi connectivity index (χ3n) is 3.09. The molecule has 3 heteroatoms. The monoisotopic (exact) mass is 235 g/mol. The summed E-state index contributed by atoms with van der Waals surface area (Å²) >= 11 is 0. The number of nitrogens with two attached hydrogens (primary N) is 1. The highest BCUT2D eigenvalue weighted by molar-refractivity contribution is 5.66. The molecule has 3 nitrogen and oxygen atoms in total. The van der Waals surface area contributed by atoms with Crippen LogP contribution in [0.4, 0.5) is 11.5 Å². The molecule has 1 aromatic rings. The van der Waals surface area contributed by atoms with Crippen LogP contribution in [0.15, 0.2) is 12.3 Å². The number of rotatable bonds is 6. The highest BCUT2D eigenvalue weighted by Gasteiger charge is 2.15. The number of aromatic nitrogens is 1. The van der Waals surface area contributed by atoms with Crippen LogP contribution in [0.5, 0.6) is 0 Å². The van der Waals surface area contributed by atoms with Crippen LogP contribution in [0.3, 0.4) is 0 Å². The SMILES string of the molecule is CCCCCN(c1nccc(C)c1N)C(C)C. The average Bonchev–Trinajstić information content (AvgIpc) is 2.29. The van der Waals surface area contributed by atoms with E-state index in [1.807, 2.05) is 19.2 Å². The molecule has 0 aliphatic heterocycles. The number of hydrogen-bond acceptors (Lipinski definition) is 3. The maximum atomic E-state index is 6.12. The lowest BCUT2D eigenvalue weighted by molar-refractivity contribution is 0.620. The molecular formula is C14H25N3. The van der Waals surface area contributed by atoms with Crippen molar-refractivity contribution in [1.82, 2.24) is 4.98 Å². The quantitative estimate of drug-likeness (QED) is 0.769. The van der Waals surface area contributed by atoms with Gasteiger partial charge in [0.2, 0.25) is 0 Å². The van der Waals surface area contributed by atoms with Crippen molar-refractivity contribution in [2.75, 3.05) is 17.2 Å². The molecule has 0 aliphatic rings. The third-order valence-corrected chi connectivity index (χ3v) is 3.09. The van der Waals surface area contributed by atoms with Crippen molar-refractivity contribution >= 4 is 11.5 Å². The molecule has 1 aromatic heterocycles. The summed E-state index contributed by atoms with van der Waals surface area (Å²) in [7, 11) is 0. The van der Waals surface area contributed by atoms with E-state index in [1.54, 1.807) is 0 Å². The number of nitrogens with zero attached hydrogens (tertiary/aromatic N) is 2. The van der Waals surface area contributed by atoms with Crippen LogP contribution in [0, 0.1) is 6.92 Å². The number of hydrogen-bond donors (Lipinski definition) is 1. The van der Waals surface area contributed by atoms with Gasteiger partial charge in [0.05, 0.1) is 5.69 Å². The summed E-state index contributed by atoms with van der Waals surface area (Å²) < 4.78 is 0. The first-order chi connectivity index (χ1) is 8.07. The second-order valence-electron chi connectivity index (χ2n) is 4.86. The Morgan fingerprint density at radius 1 is 1.35 bits per heavy atom. The summed E-state index contributed by atoms with van der Waals surface area (Å²) in [4.78, 5) is 6.74. The van der Waals surface area contributed by atoms with E-state index in [-0.39, 0.29) is 0 Å². The van der Waals surface area contributed by atoms with E-state index >= 15 is 0 Å². The molecule has 0 atom stereocenters. The van der Waals surface area contributed by atoms with Gasteiger partial charge in [-0.15, -0.1) is 0 Å². The zero-order chi connectivity index (χ0) is 12.8. The minimum absolute atomic E-state index is 0.434. The van der Waals surface area contributed by atoms with Gasteiger partial charge in [-0.05, 0) is 38.8 Å². The van der Waals surface area contributed by atoms with Crippen LogP contribution in [-0.2, 0) is 0 Å². The van der Waals surface area contributed by atoms with Crippen molar-refractivity contribution in [3.8, 4) is 0 Å². The number of unbranched alkanes of at least 4 members (excludes halogenated alkanes) is 2. The van der Waals surface area contributed by atoms with Crippen LogP contribution in [0.2, 0.25) is 0 Å². The zero-order valence-corrected chi connectivity index (χ0v) is 11.5. The first-order valence-corrected chi connectivity index (χ1v) is 6.55. The lowest BCUT2D eigenvalue weighted by atomic mass is 10.2. The van der Waals surface area contributed by atoms with Crippen molar-refractivity contribution in [2.24, 2.45) is 0 Å². The smallest absolute Gasteiger partial charge is 0.152 e. The van der Waals surface area contributed by atoms with Gasteiger partial charge in [0.25, 0.3) is 0 Å². The molecule has 0 radical (unpaired) electrons. The lowest BCUT2D eigenvalue weighted by Gasteiger charge is -2.29. The molecule has 0 amide bonds. The minimum Gasteiger partial charge on any atom is -0.396 e. The minimum atomic E-state index is 0.434. The summed E-state index contributed by atoms with van der Waals surface area (Å²) in [6, 6.07) is 2.40. The van der Waals surface area contributed by atoms with E-state index in [2.05, 4.69) is 30.7 Å². The number of pyridine rings is 1. The van der Waals surface area contributed by atoms with Crippen LogP contribution in [0.25, 0.3) is 0 Å². The molecule has 96 valence electrons. The molecule has 0 bridgehead atoms. The van der Waals surface area contributed by atoms with Gasteiger partial charge in [0, 0.05) is 18.8 Å². The van der Waals surface area contributed by atoms with Crippen molar-refractivity contribution in [2.45, 2.75) is 53.0 Å². The third kappa shape index (κ3) is 3.62.